The van der Waals surface area contributed by atoms with E-state index in [-0.39, 0.29) is 11.7 Å². The van der Waals surface area contributed by atoms with Crippen LogP contribution >= 0.6 is 11.3 Å². The van der Waals surface area contributed by atoms with E-state index in [4.69, 9.17) is 0 Å². The number of nitrogens with zero attached hydrogens (tertiary/aromatic N) is 4. The monoisotopic (exact) mass is 500 g/mol. The SMILES string of the molecule is CC(=O)c1nnc(Nc2ccc(N3CCN(C(C)=O)CC3)cc2)cc1NCc1cccc2ccsc12. The summed E-state index contributed by atoms with van der Waals surface area (Å²) in [6, 6.07) is 18.3. The third-order valence-electron chi connectivity index (χ3n) is 6.39. The zero-order valence-corrected chi connectivity index (χ0v) is 21.1. The smallest absolute Gasteiger partial charge is 0.219 e. The highest BCUT2D eigenvalue weighted by Gasteiger charge is 2.19. The van der Waals surface area contributed by atoms with Crippen molar-refractivity contribution in [3.8, 4) is 0 Å². The summed E-state index contributed by atoms with van der Waals surface area (Å²) in [4.78, 5) is 27.9. The third-order valence-corrected chi connectivity index (χ3v) is 7.39. The van der Waals surface area contributed by atoms with Crippen LogP contribution in [-0.2, 0) is 11.3 Å². The van der Waals surface area contributed by atoms with Crippen molar-refractivity contribution in [2.45, 2.75) is 20.4 Å². The van der Waals surface area contributed by atoms with Crippen LogP contribution in [0.5, 0.6) is 0 Å². The number of fused-ring (bicyclic) bond motifs is 1. The lowest BCUT2D eigenvalue weighted by Gasteiger charge is -2.35. The first-order valence-electron chi connectivity index (χ1n) is 11.9. The van der Waals surface area contributed by atoms with Crippen molar-refractivity contribution >= 4 is 56.0 Å². The molecule has 1 saturated heterocycles. The molecule has 0 radical (unpaired) electrons. The van der Waals surface area contributed by atoms with Crippen molar-refractivity contribution in [1.29, 1.82) is 0 Å². The Morgan fingerprint density at radius 3 is 2.47 bits per heavy atom. The fourth-order valence-electron chi connectivity index (χ4n) is 4.42. The molecule has 184 valence electrons. The summed E-state index contributed by atoms with van der Waals surface area (Å²) in [6.45, 7) is 6.81. The average molecular weight is 501 g/mol. The highest BCUT2D eigenvalue weighted by atomic mass is 32.1. The molecule has 0 saturated carbocycles. The number of Topliss-reactive ketones (excluding diaryl/α,β-unsaturated/α-hetero) is 1. The predicted octanol–water partition coefficient (Wildman–Crippen LogP) is 4.92. The number of carbonyl (C=O) groups excluding carboxylic acids is 2. The van der Waals surface area contributed by atoms with E-state index in [0.29, 0.717) is 23.7 Å². The fourth-order valence-corrected chi connectivity index (χ4v) is 5.33. The molecule has 4 aromatic rings. The van der Waals surface area contributed by atoms with Gasteiger partial charge in [-0.3, -0.25) is 9.59 Å². The molecule has 0 atom stereocenters. The lowest BCUT2D eigenvalue weighted by atomic mass is 10.1. The summed E-state index contributed by atoms with van der Waals surface area (Å²) in [6.07, 6.45) is 0. The number of piperazine rings is 1. The third kappa shape index (κ3) is 5.16. The van der Waals surface area contributed by atoms with E-state index in [1.807, 2.05) is 29.2 Å². The van der Waals surface area contributed by atoms with Crippen LogP contribution in [0.1, 0.15) is 29.9 Å². The largest absolute Gasteiger partial charge is 0.379 e. The number of rotatable bonds is 7. The molecule has 8 nitrogen and oxygen atoms in total. The van der Waals surface area contributed by atoms with E-state index in [2.05, 4.69) is 61.4 Å². The Morgan fingerprint density at radius 2 is 1.75 bits per heavy atom. The van der Waals surface area contributed by atoms with E-state index in [1.54, 1.807) is 18.3 Å². The van der Waals surface area contributed by atoms with Gasteiger partial charge in [-0.15, -0.1) is 21.5 Å². The summed E-state index contributed by atoms with van der Waals surface area (Å²) >= 11 is 1.71. The molecule has 0 bridgehead atoms. The second-order valence-corrected chi connectivity index (χ2v) is 9.74. The zero-order chi connectivity index (χ0) is 25.1. The number of aromatic nitrogens is 2. The normalized spacial score (nSPS) is 13.6. The van der Waals surface area contributed by atoms with Crippen LogP contribution in [0.3, 0.4) is 0 Å². The Morgan fingerprint density at radius 1 is 0.972 bits per heavy atom. The molecule has 2 N–H and O–H groups in total. The van der Waals surface area contributed by atoms with E-state index < -0.39 is 0 Å². The molecule has 1 fully saturated rings. The summed E-state index contributed by atoms with van der Waals surface area (Å²) < 4.78 is 1.23. The molecule has 0 spiro atoms. The van der Waals surface area contributed by atoms with Crippen molar-refractivity contribution in [2.24, 2.45) is 0 Å². The molecule has 2 aromatic heterocycles. The van der Waals surface area contributed by atoms with Crippen LogP contribution in [0, 0.1) is 0 Å². The van der Waals surface area contributed by atoms with Crippen LogP contribution in [0.15, 0.2) is 60.0 Å². The summed E-state index contributed by atoms with van der Waals surface area (Å²) in [5, 5.41) is 18.4. The average Bonchev–Trinajstić information content (AvgIpc) is 3.38. The van der Waals surface area contributed by atoms with Gasteiger partial charge in [0.25, 0.3) is 0 Å². The first kappa shape index (κ1) is 23.7. The van der Waals surface area contributed by atoms with Crippen LogP contribution in [-0.4, -0.2) is 53.0 Å². The van der Waals surface area contributed by atoms with Crippen molar-refractivity contribution in [1.82, 2.24) is 15.1 Å². The number of ketones is 1. The van der Waals surface area contributed by atoms with Gasteiger partial charge in [-0.25, -0.2) is 0 Å². The summed E-state index contributed by atoms with van der Waals surface area (Å²) in [5.41, 5.74) is 4.13. The number of nitrogens with one attached hydrogen (secondary N) is 2. The van der Waals surface area contributed by atoms with E-state index in [0.717, 1.165) is 37.6 Å². The Balaban J connectivity index is 1.28. The van der Waals surface area contributed by atoms with Gasteiger partial charge in [0.15, 0.2) is 17.3 Å². The Hall–Kier alpha value is -3.98. The topological polar surface area (TPSA) is 90.5 Å². The minimum absolute atomic E-state index is 0.128. The van der Waals surface area contributed by atoms with E-state index >= 15 is 0 Å². The first-order chi connectivity index (χ1) is 17.5. The number of hydrogen-bond acceptors (Lipinski definition) is 8. The highest BCUT2D eigenvalue weighted by Crippen LogP contribution is 2.27. The lowest BCUT2D eigenvalue weighted by Crippen LogP contribution is -2.48. The van der Waals surface area contributed by atoms with Gasteiger partial charge in [-0.2, -0.15) is 0 Å². The van der Waals surface area contributed by atoms with E-state index in [1.165, 1.54) is 22.6 Å². The molecule has 3 heterocycles. The van der Waals surface area contributed by atoms with Crippen LogP contribution in [0.4, 0.5) is 22.9 Å². The molecule has 1 aliphatic heterocycles. The van der Waals surface area contributed by atoms with Crippen molar-refractivity contribution in [2.75, 3.05) is 41.7 Å². The highest BCUT2D eigenvalue weighted by molar-refractivity contribution is 7.17. The first-order valence-corrected chi connectivity index (χ1v) is 12.8. The summed E-state index contributed by atoms with van der Waals surface area (Å²) in [7, 11) is 0. The number of carbonyl (C=O) groups is 2. The maximum Gasteiger partial charge on any atom is 0.219 e. The van der Waals surface area contributed by atoms with Gasteiger partial charge in [-0.1, -0.05) is 18.2 Å². The van der Waals surface area contributed by atoms with Crippen LogP contribution < -0.4 is 15.5 Å². The Bertz CT molecular complexity index is 1390. The van der Waals surface area contributed by atoms with Gasteiger partial charge in [-0.05, 0) is 46.7 Å². The minimum Gasteiger partial charge on any atom is -0.379 e. The molecular formula is C27H28N6O2S. The Labute approximate surface area is 213 Å². The molecular weight excluding hydrogens is 472 g/mol. The molecule has 5 rings (SSSR count). The number of hydrogen-bond donors (Lipinski definition) is 2. The standard InChI is InChI=1S/C27H28N6O2S/c1-18(34)26-24(28-17-21-5-3-4-20-10-15-36-27(20)21)16-25(30-31-26)29-22-6-8-23(9-7-22)33-13-11-32(12-14-33)19(2)35/h3-10,15-16H,11-14,17H2,1-2H3,(H2,28,29,30). The minimum atomic E-state index is -0.139. The van der Waals surface area contributed by atoms with Gasteiger partial charge in [0.2, 0.25) is 5.91 Å². The second kappa shape index (κ2) is 10.3. The number of anilines is 4. The quantitative estimate of drug-likeness (QED) is 0.348. The van der Waals surface area contributed by atoms with Gasteiger partial charge in [0, 0.05) is 68.7 Å². The van der Waals surface area contributed by atoms with Crippen molar-refractivity contribution in [3.05, 3.63) is 71.2 Å². The number of benzene rings is 2. The molecule has 9 heteroatoms. The van der Waals surface area contributed by atoms with Crippen LogP contribution in [0.25, 0.3) is 10.1 Å². The number of amides is 1. The van der Waals surface area contributed by atoms with E-state index in [9.17, 15) is 9.59 Å². The van der Waals surface area contributed by atoms with Crippen molar-refractivity contribution in [3.63, 3.8) is 0 Å². The molecule has 1 aliphatic rings. The second-order valence-electron chi connectivity index (χ2n) is 8.82. The van der Waals surface area contributed by atoms with Gasteiger partial charge >= 0.3 is 0 Å². The van der Waals surface area contributed by atoms with Gasteiger partial charge < -0.3 is 20.4 Å². The lowest BCUT2D eigenvalue weighted by molar-refractivity contribution is -0.129. The molecule has 0 unspecified atom stereocenters. The maximum atomic E-state index is 12.2. The zero-order valence-electron chi connectivity index (χ0n) is 20.3. The van der Waals surface area contributed by atoms with Crippen LogP contribution in [0.2, 0.25) is 0 Å². The Kier molecular flexibility index (Phi) is 6.81. The predicted molar refractivity (Wildman–Crippen MR) is 145 cm³/mol. The summed E-state index contributed by atoms with van der Waals surface area (Å²) in [5.74, 6) is 0.545. The van der Waals surface area contributed by atoms with Gasteiger partial charge in [0.1, 0.15) is 0 Å². The number of thiophene rings is 1. The van der Waals surface area contributed by atoms with Gasteiger partial charge in [0.05, 0.1) is 5.69 Å². The molecule has 0 aliphatic carbocycles. The fraction of sp³-hybridized carbons (Fsp3) is 0.259. The van der Waals surface area contributed by atoms with Crippen molar-refractivity contribution < 1.29 is 9.59 Å². The maximum absolute atomic E-state index is 12.2. The molecule has 2 aromatic carbocycles. The molecule has 36 heavy (non-hydrogen) atoms. The molecule has 1 amide bonds.